The van der Waals surface area contributed by atoms with Crippen molar-refractivity contribution >= 4 is 22.5 Å². The first-order valence-corrected chi connectivity index (χ1v) is 3.81. The van der Waals surface area contributed by atoms with E-state index in [1.807, 2.05) is 0 Å². The Morgan fingerprint density at radius 1 is 1.50 bits per heavy atom. The molecule has 0 spiro atoms. The third kappa shape index (κ3) is 2.70. The molecule has 1 unspecified atom stereocenters. The Hall–Kier alpha value is -0.750. The van der Waals surface area contributed by atoms with Crippen LogP contribution in [0, 0.1) is 10.8 Å². The highest BCUT2D eigenvalue weighted by Gasteiger charge is 2.19. The third-order valence-electron chi connectivity index (χ3n) is 0.808. The highest BCUT2D eigenvalue weighted by atomic mass is 32.2. The van der Waals surface area contributed by atoms with E-state index in [1.54, 1.807) is 12.4 Å². The number of rotatable bonds is 4. The molecule has 0 aliphatic carbocycles. The van der Waals surface area contributed by atoms with Crippen LogP contribution in [-0.4, -0.2) is 30.6 Å². The second-order valence-corrected chi connectivity index (χ2v) is 3.13. The van der Waals surface area contributed by atoms with Crippen LogP contribution in [0.3, 0.4) is 0 Å². The monoisotopic (exact) mass is 162 g/mol. The first-order valence-electron chi connectivity index (χ1n) is 2.30. The lowest BCUT2D eigenvalue weighted by molar-refractivity contribution is 0.478. The van der Waals surface area contributed by atoms with E-state index in [4.69, 9.17) is 15.4 Å². The lowest BCUT2D eigenvalue weighted by atomic mass is 10.3. The van der Waals surface area contributed by atoms with Gasteiger partial charge in [-0.2, -0.15) is 8.42 Å². The molecule has 0 aromatic carbocycles. The van der Waals surface area contributed by atoms with Crippen LogP contribution in [0.4, 0.5) is 0 Å². The minimum absolute atomic E-state index is 0.331. The Bertz CT molecular complexity index is 221. The average Bonchev–Trinajstić information content (AvgIpc) is 1.80. The van der Waals surface area contributed by atoms with Crippen LogP contribution in [-0.2, 0) is 10.1 Å². The van der Waals surface area contributed by atoms with Crippen molar-refractivity contribution in [2.45, 2.75) is 11.7 Å². The molecular formula is C4H6N2O3S. The third-order valence-corrected chi connectivity index (χ3v) is 1.81. The minimum atomic E-state index is -4.26. The van der Waals surface area contributed by atoms with Gasteiger partial charge < -0.3 is 10.8 Å². The summed E-state index contributed by atoms with van der Waals surface area (Å²) in [4.78, 5) is 0. The molecule has 0 bridgehead atoms. The summed E-state index contributed by atoms with van der Waals surface area (Å²) in [5.41, 5.74) is 0. The van der Waals surface area contributed by atoms with Crippen molar-refractivity contribution in [1.82, 2.24) is 0 Å². The van der Waals surface area contributed by atoms with E-state index in [1.165, 1.54) is 0 Å². The van der Waals surface area contributed by atoms with Gasteiger partial charge in [0.2, 0.25) is 0 Å². The molecule has 5 nitrogen and oxygen atoms in total. The molecule has 0 aromatic heterocycles. The summed E-state index contributed by atoms with van der Waals surface area (Å²) in [7, 11) is -4.26. The maximum Gasteiger partial charge on any atom is 0.274 e. The second kappa shape index (κ2) is 3.43. The Morgan fingerprint density at radius 3 is 2.10 bits per heavy atom. The Balaban J connectivity index is 4.36. The van der Waals surface area contributed by atoms with Crippen molar-refractivity contribution in [3.8, 4) is 0 Å². The summed E-state index contributed by atoms with van der Waals surface area (Å²) in [6.45, 7) is 0. The molecule has 0 aromatic rings. The number of hydrogen-bond acceptors (Lipinski definition) is 4. The fraction of sp³-hybridized carbons (Fsp3) is 0.500. The first-order chi connectivity index (χ1) is 4.52. The van der Waals surface area contributed by atoms with E-state index >= 15 is 0 Å². The molecule has 6 heteroatoms. The summed E-state index contributed by atoms with van der Waals surface area (Å²) in [6.07, 6.45) is 3.00. The number of nitrogens with one attached hydrogen (secondary N) is 2. The zero-order valence-electron chi connectivity index (χ0n) is 4.96. The molecule has 0 fully saturated rings. The van der Waals surface area contributed by atoms with Crippen molar-refractivity contribution in [2.75, 3.05) is 0 Å². The van der Waals surface area contributed by atoms with E-state index in [9.17, 15) is 8.42 Å². The van der Waals surface area contributed by atoms with Gasteiger partial charge in [0, 0.05) is 6.42 Å². The summed E-state index contributed by atoms with van der Waals surface area (Å²) in [6, 6.07) is 0. The van der Waals surface area contributed by atoms with Gasteiger partial charge in [0.15, 0.2) is 0 Å². The van der Waals surface area contributed by atoms with Crippen LogP contribution >= 0.6 is 0 Å². The molecule has 10 heavy (non-hydrogen) atoms. The van der Waals surface area contributed by atoms with E-state index in [2.05, 4.69) is 0 Å². The molecule has 0 heterocycles. The normalized spacial score (nSPS) is 14.1. The van der Waals surface area contributed by atoms with Gasteiger partial charge >= 0.3 is 0 Å². The van der Waals surface area contributed by atoms with Gasteiger partial charge in [-0.05, 0) is 0 Å². The summed E-state index contributed by atoms with van der Waals surface area (Å²) < 4.78 is 28.7. The second-order valence-electron chi connectivity index (χ2n) is 1.53. The molecule has 0 saturated heterocycles. The molecule has 0 aliphatic heterocycles. The molecule has 2 radical (unpaired) electrons. The van der Waals surface area contributed by atoms with Crippen molar-refractivity contribution in [1.29, 1.82) is 10.8 Å². The first kappa shape index (κ1) is 9.25. The maximum atomic E-state index is 10.2. The van der Waals surface area contributed by atoms with Crippen molar-refractivity contribution < 1.29 is 13.0 Å². The molecule has 0 amide bonds. The van der Waals surface area contributed by atoms with E-state index in [0.717, 1.165) is 0 Å². The molecule has 1 atom stereocenters. The number of hydrogen-bond donors (Lipinski definition) is 3. The van der Waals surface area contributed by atoms with E-state index in [0.29, 0.717) is 0 Å². The van der Waals surface area contributed by atoms with E-state index in [-0.39, 0.29) is 6.42 Å². The Morgan fingerprint density at radius 2 is 2.00 bits per heavy atom. The highest BCUT2D eigenvalue weighted by molar-refractivity contribution is 7.87. The molecule has 3 N–H and O–H groups in total. The molecule has 56 valence electrons. The highest BCUT2D eigenvalue weighted by Crippen LogP contribution is 1.97. The van der Waals surface area contributed by atoms with Crippen LogP contribution in [0.5, 0.6) is 0 Å². The molecular weight excluding hydrogens is 156 g/mol. The van der Waals surface area contributed by atoms with Gasteiger partial charge in [-0.3, -0.25) is 4.55 Å². The summed E-state index contributed by atoms with van der Waals surface area (Å²) >= 11 is 0. The molecule has 0 saturated carbocycles. The van der Waals surface area contributed by atoms with Crippen molar-refractivity contribution in [3.63, 3.8) is 0 Å². The van der Waals surface area contributed by atoms with Gasteiger partial charge in [-0.25, -0.2) is 0 Å². The van der Waals surface area contributed by atoms with Crippen LogP contribution in [0.15, 0.2) is 0 Å². The quantitative estimate of drug-likeness (QED) is 0.390. The average molecular weight is 162 g/mol. The van der Waals surface area contributed by atoms with Gasteiger partial charge in [-0.1, -0.05) is 0 Å². The zero-order valence-corrected chi connectivity index (χ0v) is 5.77. The zero-order chi connectivity index (χ0) is 8.20. The lowest BCUT2D eigenvalue weighted by Gasteiger charge is -2.00. The van der Waals surface area contributed by atoms with Crippen LogP contribution < -0.4 is 0 Å². The van der Waals surface area contributed by atoms with Crippen molar-refractivity contribution in [3.05, 3.63) is 0 Å². The van der Waals surface area contributed by atoms with Crippen molar-refractivity contribution in [2.24, 2.45) is 0 Å². The standard InChI is InChI=1S/C4H6N2O3S/c5-2-1-4(3-6)10(7,8)9/h4-6H,1H2,(H,7,8,9). The summed E-state index contributed by atoms with van der Waals surface area (Å²) in [5.74, 6) is 0. The SMILES string of the molecule is N=[C]CC([C]=N)S(=O)(=O)O. The largest absolute Gasteiger partial charge is 0.303 e. The van der Waals surface area contributed by atoms with E-state index < -0.39 is 15.4 Å². The summed E-state index contributed by atoms with van der Waals surface area (Å²) in [5, 5.41) is 11.3. The fourth-order valence-electron chi connectivity index (χ4n) is 0.324. The minimum Gasteiger partial charge on any atom is -0.303 e. The van der Waals surface area contributed by atoms with Gasteiger partial charge in [0.05, 0.1) is 12.4 Å². The maximum absolute atomic E-state index is 10.2. The van der Waals surface area contributed by atoms with Crippen LogP contribution in [0.25, 0.3) is 0 Å². The fourth-order valence-corrected chi connectivity index (χ4v) is 0.766. The van der Waals surface area contributed by atoms with Gasteiger partial charge in [0.25, 0.3) is 10.1 Å². The predicted molar refractivity (Wildman–Crippen MR) is 35.4 cm³/mol. The van der Waals surface area contributed by atoms with Crippen LogP contribution in [0.1, 0.15) is 6.42 Å². The van der Waals surface area contributed by atoms with Crippen LogP contribution in [0.2, 0.25) is 0 Å². The smallest absolute Gasteiger partial charge is 0.274 e. The Labute approximate surface area is 58.8 Å². The van der Waals surface area contributed by atoms with Gasteiger partial charge in [0.1, 0.15) is 5.25 Å². The molecule has 0 aliphatic rings. The van der Waals surface area contributed by atoms with Gasteiger partial charge in [-0.15, -0.1) is 0 Å². The topological polar surface area (TPSA) is 102 Å². The Kier molecular flexibility index (Phi) is 3.17. The molecule has 0 rings (SSSR count). The lowest BCUT2D eigenvalue weighted by Crippen LogP contribution is -2.21. The predicted octanol–water partition coefficient (Wildman–Crippen LogP) is -0.314.